The van der Waals surface area contributed by atoms with Crippen molar-refractivity contribution in [1.82, 2.24) is 0 Å². The first-order chi connectivity index (χ1) is 10.1. The lowest BCUT2D eigenvalue weighted by Crippen LogP contribution is -2.08. The molecule has 5 heteroatoms. The number of carbonyl (C=O) groups is 1. The van der Waals surface area contributed by atoms with Gasteiger partial charge in [0.1, 0.15) is 5.82 Å². The van der Waals surface area contributed by atoms with E-state index in [4.69, 9.17) is 11.1 Å². The average Bonchev–Trinajstić information content (AvgIpc) is 2.48. The Morgan fingerprint density at radius 1 is 1.19 bits per heavy atom. The fourth-order valence-corrected chi connectivity index (χ4v) is 1.74. The van der Waals surface area contributed by atoms with Crippen LogP contribution in [0.25, 0.3) is 6.08 Å². The molecule has 0 saturated heterocycles. The molecule has 0 spiro atoms. The highest BCUT2D eigenvalue weighted by molar-refractivity contribution is 6.02. The summed E-state index contributed by atoms with van der Waals surface area (Å²) in [5.74, 6) is -0.779. The van der Waals surface area contributed by atoms with Crippen molar-refractivity contribution in [2.45, 2.75) is 0 Å². The summed E-state index contributed by atoms with van der Waals surface area (Å²) in [6, 6.07) is 11.0. The Labute approximate surface area is 121 Å². The Bertz CT molecular complexity index is 710. The van der Waals surface area contributed by atoms with Crippen molar-refractivity contribution < 1.29 is 9.18 Å². The number of benzene rings is 2. The van der Waals surface area contributed by atoms with Crippen LogP contribution in [-0.2, 0) is 4.79 Å². The molecule has 4 N–H and O–H groups in total. The first-order valence-corrected chi connectivity index (χ1v) is 6.24. The van der Waals surface area contributed by atoms with Crippen LogP contribution < -0.4 is 11.1 Å². The van der Waals surface area contributed by atoms with Crippen molar-refractivity contribution in [3.63, 3.8) is 0 Å². The average molecular weight is 283 g/mol. The van der Waals surface area contributed by atoms with Crippen LogP contribution in [0.15, 0.2) is 48.5 Å². The van der Waals surface area contributed by atoms with Crippen molar-refractivity contribution in [2.75, 3.05) is 11.1 Å². The van der Waals surface area contributed by atoms with Gasteiger partial charge in [-0.3, -0.25) is 4.79 Å². The molecule has 0 bridgehead atoms. The second-order valence-electron chi connectivity index (χ2n) is 4.33. The Balaban J connectivity index is 2.08. The quantitative estimate of drug-likeness (QED) is 0.458. The molecule has 21 heavy (non-hydrogen) atoms. The van der Waals surface area contributed by atoms with Crippen LogP contribution in [0.2, 0.25) is 0 Å². The Hall–Kier alpha value is -2.95. The second kappa shape index (κ2) is 6.47. The minimum absolute atomic E-state index is 0.338. The number of carbonyl (C=O) groups excluding carboxylic acids is 1. The largest absolute Gasteiger partial charge is 0.398 e. The zero-order valence-electron chi connectivity index (χ0n) is 11.1. The first kappa shape index (κ1) is 14.5. The third-order valence-electron chi connectivity index (χ3n) is 2.83. The zero-order valence-corrected chi connectivity index (χ0v) is 11.1. The third kappa shape index (κ3) is 3.76. The first-order valence-electron chi connectivity index (χ1n) is 6.24. The van der Waals surface area contributed by atoms with Gasteiger partial charge in [-0.25, -0.2) is 4.39 Å². The summed E-state index contributed by atoms with van der Waals surface area (Å²) >= 11 is 0. The molecule has 0 fully saturated rings. The predicted octanol–water partition coefficient (Wildman–Crippen LogP) is 3.06. The van der Waals surface area contributed by atoms with Gasteiger partial charge < -0.3 is 16.5 Å². The second-order valence-corrected chi connectivity index (χ2v) is 4.33. The van der Waals surface area contributed by atoms with Crippen molar-refractivity contribution in [1.29, 1.82) is 5.41 Å². The third-order valence-corrected chi connectivity index (χ3v) is 2.83. The maximum atomic E-state index is 13.4. The summed E-state index contributed by atoms with van der Waals surface area (Å²) < 4.78 is 13.4. The molecule has 0 aliphatic heterocycles. The maximum Gasteiger partial charge on any atom is 0.248 e. The number of nitrogens with one attached hydrogen (secondary N) is 2. The van der Waals surface area contributed by atoms with Crippen LogP contribution in [0, 0.1) is 11.2 Å². The van der Waals surface area contributed by atoms with E-state index in [-0.39, 0.29) is 11.7 Å². The lowest BCUT2D eigenvalue weighted by Gasteiger charge is -2.05. The van der Waals surface area contributed by atoms with Gasteiger partial charge in [-0.05, 0) is 30.3 Å². The highest BCUT2D eigenvalue weighted by Crippen LogP contribution is 2.16. The van der Waals surface area contributed by atoms with Gasteiger partial charge >= 0.3 is 0 Å². The number of hydrogen-bond acceptors (Lipinski definition) is 3. The molecule has 0 radical (unpaired) electrons. The van der Waals surface area contributed by atoms with Crippen LogP contribution in [0.3, 0.4) is 0 Å². The molecule has 0 heterocycles. The smallest absolute Gasteiger partial charge is 0.248 e. The fourth-order valence-electron chi connectivity index (χ4n) is 1.74. The SMILES string of the molecule is N=Cc1cc(NC(=O)/C=C/c2ccccc2F)ccc1N. The van der Waals surface area contributed by atoms with Gasteiger partial charge in [0.2, 0.25) is 5.91 Å². The normalized spacial score (nSPS) is 10.5. The van der Waals surface area contributed by atoms with E-state index in [9.17, 15) is 9.18 Å². The maximum absolute atomic E-state index is 13.4. The van der Waals surface area contributed by atoms with Crippen molar-refractivity contribution in [2.24, 2.45) is 0 Å². The summed E-state index contributed by atoms with van der Waals surface area (Å²) in [5, 5.41) is 9.83. The van der Waals surface area contributed by atoms with Crippen LogP contribution in [0.1, 0.15) is 11.1 Å². The molecule has 0 atom stereocenters. The molecule has 0 aliphatic carbocycles. The number of hydrogen-bond donors (Lipinski definition) is 3. The fraction of sp³-hybridized carbons (Fsp3) is 0. The monoisotopic (exact) mass is 283 g/mol. The topological polar surface area (TPSA) is 79.0 Å². The van der Waals surface area contributed by atoms with Gasteiger partial charge in [0, 0.05) is 34.8 Å². The number of halogens is 1. The molecule has 0 aromatic heterocycles. The number of amides is 1. The van der Waals surface area contributed by atoms with Crippen molar-refractivity contribution in [3.05, 3.63) is 65.5 Å². The van der Waals surface area contributed by atoms with Gasteiger partial charge in [0.25, 0.3) is 0 Å². The van der Waals surface area contributed by atoms with Crippen LogP contribution in [0.4, 0.5) is 15.8 Å². The van der Waals surface area contributed by atoms with E-state index in [2.05, 4.69) is 5.32 Å². The number of anilines is 2. The van der Waals surface area contributed by atoms with Crippen LogP contribution in [0.5, 0.6) is 0 Å². The van der Waals surface area contributed by atoms with E-state index >= 15 is 0 Å². The van der Waals surface area contributed by atoms with Crippen LogP contribution >= 0.6 is 0 Å². The van der Waals surface area contributed by atoms with Crippen molar-refractivity contribution >= 4 is 29.6 Å². The van der Waals surface area contributed by atoms with Crippen molar-refractivity contribution in [3.8, 4) is 0 Å². The highest BCUT2D eigenvalue weighted by Gasteiger charge is 2.02. The molecule has 0 unspecified atom stereocenters. The predicted molar refractivity (Wildman–Crippen MR) is 82.8 cm³/mol. The standard InChI is InChI=1S/C16H14FN3O/c17-14-4-2-1-3-11(14)5-8-16(21)20-13-6-7-15(19)12(9-13)10-18/h1-10,18H,19H2,(H,20,21)/b8-5+,18-10?. The molecule has 0 aliphatic rings. The number of nitrogen functional groups attached to an aromatic ring is 1. The summed E-state index contributed by atoms with van der Waals surface area (Å²) in [6.45, 7) is 0. The van der Waals surface area contributed by atoms with E-state index in [1.807, 2.05) is 0 Å². The minimum Gasteiger partial charge on any atom is -0.398 e. The van der Waals surface area contributed by atoms with Gasteiger partial charge in [-0.2, -0.15) is 0 Å². The summed E-state index contributed by atoms with van der Waals surface area (Å²) in [4.78, 5) is 11.8. The van der Waals surface area contributed by atoms with E-state index in [1.165, 1.54) is 18.2 Å². The van der Waals surface area contributed by atoms with Gasteiger partial charge in [-0.15, -0.1) is 0 Å². The van der Waals surface area contributed by atoms with E-state index in [0.29, 0.717) is 22.5 Å². The highest BCUT2D eigenvalue weighted by atomic mass is 19.1. The lowest BCUT2D eigenvalue weighted by molar-refractivity contribution is -0.111. The Morgan fingerprint density at radius 2 is 1.95 bits per heavy atom. The molecule has 106 valence electrons. The molecule has 1 amide bonds. The van der Waals surface area contributed by atoms with E-state index in [1.54, 1.807) is 36.4 Å². The number of nitrogens with two attached hydrogens (primary N) is 1. The van der Waals surface area contributed by atoms with Gasteiger partial charge in [0.05, 0.1) is 0 Å². The van der Waals surface area contributed by atoms with Gasteiger partial charge in [-0.1, -0.05) is 18.2 Å². The molecule has 2 rings (SSSR count). The minimum atomic E-state index is -0.390. The Morgan fingerprint density at radius 3 is 2.67 bits per heavy atom. The molecule has 2 aromatic rings. The lowest BCUT2D eigenvalue weighted by atomic mass is 10.1. The van der Waals surface area contributed by atoms with E-state index < -0.39 is 0 Å². The van der Waals surface area contributed by atoms with E-state index in [0.717, 1.165) is 6.21 Å². The molecule has 4 nitrogen and oxygen atoms in total. The van der Waals surface area contributed by atoms with Crippen LogP contribution in [-0.4, -0.2) is 12.1 Å². The summed E-state index contributed by atoms with van der Waals surface area (Å²) in [5.41, 5.74) is 7.50. The van der Waals surface area contributed by atoms with Gasteiger partial charge in [0.15, 0.2) is 0 Å². The Kier molecular flexibility index (Phi) is 4.46. The molecule has 0 saturated carbocycles. The summed E-state index contributed by atoms with van der Waals surface area (Å²) in [6.07, 6.45) is 3.76. The molecular formula is C16H14FN3O. The zero-order chi connectivity index (χ0) is 15.2. The summed E-state index contributed by atoms with van der Waals surface area (Å²) in [7, 11) is 0. The molecule has 2 aromatic carbocycles. The number of rotatable bonds is 4. The molecular weight excluding hydrogens is 269 g/mol.